The molecule has 5 rings (SSSR count). The summed E-state index contributed by atoms with van der Waals surface area (Å²) in [6.45, 7) is 7.85. The molecule has 1 amide bonds. The third-order valence-corrected chi connectivity index (χ3v) is 8.07. The fraction of sp³-hybridized carbons (Fsp3) is 0.393. The minimum atomic E-state index is -0.0346. The van der Waals surface area contributed by atoms with Gasteiger partial charge in [-0.3, -0.25) is 4.79 Å². The zero-order valence-electron chi connectivity index (χ0n) is 20.1. The van der Waals surface area contributed by atoms with Gasteiger partial charge in [0.1, 0.15) is 5.71 Å². The number of hydrogen-bond acceptors (Lipinski definition) is 5. The van der Waals surface area contributed by atoms with Crippen LogP contribution in [0.3, 0.4) is 0 Å². The summed E-state index contributed by atoms with van der Waals surface area (Å²) >= 11 is 1.71. The number of aryl methyl sites for hydroxylation is 3. The van der Waals surface area contributed by atoms with Crippen molar-refractivity contribution >= 4 is 23.0 Å². The van der Waals surface area contributed by atoms with Crippen molar-refractivity contribution in [1.29, 1.82) is 0 Å². The third kappa shape index (κ3) is 4.78. The van der Waals surface area contributed by atoms with Crippen molar-refractivity contribution in [3.63, 3.8) is 0 Å². The van der Waals surface area contributed by atoms with Gasteiger partial charge in [-0.25, -0.2) is 4.98 Å². The number of likely N-dealkylation sites (tertiary alicyclic amines) is 1. The van der Waals surface area contributed by atoms with Crippen LogP contribution in [0.1, 0.15) is 69.8 Å². The summed E-state index contributed by atoms with van der Waals surface area (Å²) in [7, 11) is 0. The van der Waals surface area contributed by atoms with Crippen molar-refractivity contribution in [1.82, 2.24) is 9.88 Å². The largest absolute Gasteiger partial charge is 0.387 e. The van der Waals surface area contributed by atoms with E-state index in [1.165, 1.54) is 22.3 Å². The molecular weight excluding hydrogens is 442 g/mol. The van der Waals surface area contributed by atoms with Crippen LogP contribution >= 0.6 is 11.3 Å². The predicted molar refractivity (Wildman–Crippen MR) is 136 cm³/mol. The topological polar surface area (TPSA) is 54.8 Å². The number of nitrogens with zero attached hydrogens (tertiary/aromatic N) is 3. The van der Waals surface area contributed by atoms with Gasteiger partial charge in [-0.1, -0.05) is 53.2 Å². The Labute approximate surface area is 205 Å². The summed E-state index contributed by atoms with van der Waals surface area (Å²) in [6, 6.07) is 14.7. The van der Waals surface area contributed by atoms with Gasteiger partial charge >= 0.3 is 0 Å². The standard InChI is InChI=1S/C28H31N3O2S/c1-18-8-9-19(2)22(14-18)15-27(32)31-12-10-21(11-13-31)28-29-25(17-34-28)24-16-26(33-30-24)23-7-5-4-6-20(23)3/h4-9,14,17,21,26H,10-13,15-16H2,1-3H3/t26-/m1/s1. The van der Waals surface area contributed by atoms with Gasteiger partial charge in [0, 0.05) is 30.8 Å². The molecule has 1 fully saturated rings. The predicted octanol–water partition coefficient (Wildman–Crippen LogP) is 5.88. The Morgan fingerprint density at radius 2 is 1.88 bits per heavy atom. The third-order valence-electron chi connectivity index (χ3n) is 7.07. The molecule has 1 saturated heterocycles. The highest BCUT2D eigenvalue weighted by Crippen LogP contribution is 2.34. The molecule has 176 valence electrons. The number of hydrogen-bond donors (Lipinski definition) is 0. The van der Waals surface area contributed by atoms with E-state index in [4.69, 9.17) is 9.82 Å². The molecular formula is C28H31N3O2S. The molecule has 5 nitrogen and oxygen atoms in total. The Balaban J connectivity index is 1.17. The van der Waals surface area contributed by atoms with Gasteiger partial charge in [0.2, 0.25) is 5.91 Å². The average molecular weight is 474 g/mol. The Bertz CT molecular complexity index is 1220. The Kier molecular flexibility index (Phi) is 6.50. The second kappa shape index (κ2) is 9.71. The van der Waals surface area contributed by atoms with Crippen molar-refractivity contribution in [2.45, 2.75) is 58.5 Å². The minimum Gasteiger partial charge on any atom is -0.387 e. The molecule has 3 heterocycles. The molecule has 2 aliphatic rings. The van der Waals surface area contributed by atoms with Crippen molar-refractivity contribution in [3.05, 3.63) is 86.4 Å². The first-order valence-corrected chi connectivity index (χ1v) is 12.9. The molecule has 0 saturated carbocycles. The highest BCUT2D eigenvalue weighted by atomic mass is 32.1. The lowest BCUT2D eigenvalue weighted by atomic mass is 9.96. The lowest BCUT2D eigenvalue weighted by Crippen LogP contribution is -2.38. The van der Waals surface area contributed by atoms with E-state index in [-0.39, 0.29) is 12.0 Å². The van der Waals surface area contributed by atoms with E-state index in [1.807, 2.05) is 17.0 Å². The highest BCUT2D eigenvalue weighted by molar-refractivity contribution is 7.10. The maximum absolute atomic E-state index is 12.9. The number of rotatable bonds is 5. The van der Waals surface area contributed by atoms with E-state index >= 15 is 0 Å². The van der Waals surface area contributed by atoms with Gasteiger partial charge in [0.25, 0.3) is 0 Å². The number of carbonyl (C=O) groups is 1. The van der Waals surface area contributed by atoms with Crippen LogP contribution in [0.4, 0.5) is 0 Å². The molecule has 0 bridgehead atoms. The second-order valence-corrected chi connectivity index (χ2v) is 10.4. The minimum absolute atomic E-state index is 0.0346. The Morgan fingerprint density at radius 1 is 1.09 bits per heavy atom. The molecule has 34 heavy (non-hydrogen) atoms. The molecule has 0 spiro atoms. The number of amides is 1. The van der Waals surface area contributed by atoms with Gasteiger partial charge in [-0.05, 0) is 55.9 Å². The first-order valence-electron chi connectivity index (χ1n) is 12.1. The van der Waals surface area contributed by atoms with Gasteiger partial charge in [0.05, 0.1) is 17.1 Å². The molecule has 1 atom stereocenters. The van der Waals surface area contributed by atoms with E-state index in [0.29, 0.717) is 12.3 Å². The van der Waals surface area contributed by atoms with Crippen LogP contribution in [-0.2, 0) is 16.1 Å². The van der Waals surface area contributed by atoms with Crippen molar-refractivity contribution in [2.75, 3.05) is 13.1 Å². The van der Waals surface area contributed by atoms with Crippen LogP contribution in [0.15, 0.2) is 53.0 Å². The second-order valence-electron chi connectivity index (χ2n) is 9.53. The van der Waals surface area contributed by atoms with E-state index < -0.39 is 0 Å². The van der Waals surface area contributed by atoms with Crippen molar-refractivity contribution in [3.8, 4) is 0 Å². The molecule has 3 aromatic rings. The molecule has 2 aliphatic heterocycles. The Hall–Kier alpha value is -2.99. The van der Waals surface area contributed by atoms with Gasteiger partial charge < -0.3 is 9.74 Å². The number of carbonyl (C=O) groups excluding carboxylic acids is 1. The first kappa shape index (κ1) is 22.8. The number of aromatic nitrogens is 1. The normalized spacial score (nSPS) is 18.6. The molecule has 2 aromatic carbocycles. The zero-order chi connectivity index (χ0) is 23.7. The number of piperidine rings is 1. The van der Waals surface area contributed by atoms with Crippen LogP contribution in [0.5, 0.6) is 0 Å². The van der Waals surface area contributed by atoms with Crippen molar-refractivity contribution < 1.29 is 9.63 Å². The van der Waals surface area contributed by atoms with Crippen LogP contribution < -0.4 is 0 Å². The summed E-state index contributed by atoms with van der Waals surface area (Å²) in [5, 5.41) is 7.62. The van der Waals surface area contributed by atoms with Crippen LogP contribution in [0, 0.1) is 20.8 Å². The lowest BCUT2D eigenvalue weighted by molar-refractivity contribution is -0.131. The summed E-state index contributed by atoms with van der Waals surface area (Å²) in [6.07, 6.45) is 3.12. The van der Waals surface area contributed by atoms with E-state index in [1.54, 1.807) is 11.3 Å². The number of benzene rings is 2. The molecule has 0 unspecified atom stereocenters. The van der Waals surface area contributed by atoms with Crippen LogP contribution in [-0.4, -0.2) is 34.6 Å². The fourth-order valence-electron chi connectivity index (χ4n) is 4.89. The average Bonchev–Trinajstić information content (AvgIpc) is 3.52. The molecule has 0 aliphatic carbocycles. The number of oxime groups is 1. The van der Waals surface area contributed by atoms with E-state index in [0.717, 1.165) is 54.3 Å². The van der Waals surface area contributed by atoms with E-state index in [2.05, 4.69) is 61.6 Å². The molecule has 0 radical (unpaired) electrons. The molecule has 1 aromatic heterocycles. The summed E-state index contributed by atoms with van der Waals surface area (Å²) in [5.41, 5.74) is 7.81. The SMILES string of the molecule is Cc1ccc(C)c(CC(=O)N2CCC(c3nc(C4=NO[C@@H](c5ccccc5C)C4)cs3)CC2)c1. The van der Waals surface area contributed by atoms with Gasteiger partial charge in [-0.2, -0.15) is 0 Å². The van der Waals surface area contributed by atoms with Crippen LogP contribution in [0.2, 0.25) is 0 Å². The zero-order valence-corrected chi connectivity index (χ0v) is 20.9. The highest BCUT2D eigenvalue weighted by Gasteiger charge is 2.29. The smallest absolute Gasteiger partial charge is 0.227 e. The van der Waals surface area contributed by atoms with Crippen LogP contribution in [0.25, 0.3) is 0 Å². The monoisotopic (exact) mass is 473 g/mol. The fourth-order valence-corrected chi connectivity index (χ4v) is 5.89. The molecule has 6 heteroatoms. The van der Waals surface area contributed by atoms with E-state index in [9.17, 15) is 4.79 Å². The number of thiazole rings is 1. The van der Waals surface area contributed by atoms with Gasteiger partial charge in [0.15, 0.2) is 6.10 Å². The quantitative estimate of drug-likeness (QED) is 0.465. The summed E-state index contributed by atoms with van der Waals surface area (Å²) < 4.78 is 0. The maximum atomic E-state index is 12.9. The lowest BCUT2D eigenvalue weighted by Gasteiger charge is -2.31. The van der Waals surface area contributed by atoms with Crippen molar-refractivity contribution in [2.24, 2.45) is 5.16 Å². The summed E-state index contributed by atoms with van der Waals surface area (Å²) in [4.78, 5) is 25.6. The summed E-state index contributed by atoms with van der Waals surface area (Å²) in [5.74, 6) is 0.630. The maximum Gasteiger partial charge on any atom is 0.227 e. The first-order chi connectivity index (χ1) is 16.5. The van der Waals surface area contributed by atoms with Gasteiger partial charge in [-0.15, -0.1) is 11.3 Å². The molecule has 0 N–H and O–H groups in total. The Morgan fingerprint density at radius 3 is 2.68 bits per heavy atom.